The van der Waals surface area contributed by atoms with Crippen LogP contribution in [0.2, 0.25) is 0 Å². The molecule has 3 aromatic carbocycles. The third-order valence-electron chi connectivity index (χ3n) is 7.14. The van der Waals surface area contributed by atoms with Crippen LogP contribution in [0.25, 0.3) is 0 Å². The van der Waals surface area contributed by atoms with E-state index in [-0.39, 0.29) is 6.04 Å². The van der Waals surface area contributed by atoms with Gasteiger partial charge in [0.1, 0.15) is 22.9 Å². The number of hydrogen-bond acceptors (Lipinski definition) is 5. The quantitative estimate of drug-likeness (QED) is 0.352. The van der Waals surface area contributed by atoms with Gasteiger partial charge in [0.2, 0.25) is 0 Å². The molecule has 0 fully saturated rings. The highest BCUT2D eigenvalue weighted by molar-refractivity contribution is 5.87. The first-order valence-corrected chi connectivity index (χ1v) is 12.7. The number of hydrogen-bond donors (Lipinski definition) is 0. The molecule has 0 saturated heterocycles. The summed E-state index contributed by atoms with van der Waals surface area (Å²) in [6.45, 7) is 9.62. The smallest absolute Gasteiger partial charge is 0.122 e. The summed E-state index contributed by atoms with van der Waals surface area (Å²) < 4.78 is 11.0. The van der Waals surface area contributed by atoms with Gasteiger partial charge in [-0.1, -0.05) is 68.1 Å². The fraction of sp³-hybridized carbons (Fsp3) is 0.281. The molecule has 1 atom stereocenters. The minimum Gasteiger partial charge on any atom is -0.497 e. The van der Waals surface area contributed by atoms with E-state index in [1.807, 2.05) is 24.3 Å². The van der Waals surface area contributed by atoms with Crippen molar-refractivity contribution in [2.45, 2.75) is 31.8 Å². The van der Waals surface area contributed by atoms with Crippen LogP contribution in [-0.2, 0) is 5.54 Å². The second kappa shape index (κ2) is 11.4. The van der Waals surface area contributed by atoms with Crippen LogP contribution >= 0.6 is 0 Å². The number of ether oxygens (including phenoxy) is 2. The zero-order valence-electron chi connectivity index (χ0n) is 22.5. The lowest BCUT2D eigenvalue weighted by atomic mass is 9.74. The van der Waals surface area contributed by atoms with E-state index in [1.165, 1.54) is 0 Å². The normalized spacial score (nSPS) is 17.4. The molecule has 192 valence electrons. The summed E-state index contributed by atoms with van der Waals surface area (Å²) in [6.07, 6.45) is 4.95. The minimum absolute atomic E-state index is 0.263. The number of methoxy groups -OCH3 is 2. The molecule has 1 aliphatic rings. The Bertz CT molecular complexity index is 1200. The van der Waals surface area contributed by atoms with Crippen LogP contribution in [0.4, 0.5) is 0 Å². The van der Waals surface area contributed by atoms with Gasteiger partial charge in [-0.15, -0.1) is 0 Å². The molecule has 5 heteroatoms. The second-order valence-electron chi connectivity index (χ2n) is 9.30. The van der Waals surface area contributed by atoms with Crippen LogP contribution in [0.5, 0.6) is 11.5 Å². The number of nitrogens with zero attached hydrogens (tertiary/aromatic N) is 3. The van der Waals surface area contributed by atoms with E-state index in [4.69, 9.17) is 14.5 Å². The molecular weight excluding hydrogens is 458 g/mol. The van der Waals surface area contributed by atoms with Gasteiger partial charge in [0.15, 0.2) is 0 Å². The van der Waals surface area contributed by atoms with Crippen molar-refractivity contribution in [2.24, 2.45) is 4.99 Å². The zero-order chi connectivity index (χ0) is 26.4. The summed E-state index contributed by atoms with van der Waals surface area (Å²) in [7, 11) is 5.47. The molecule has 0 spiro atoms. The molecule has 1 unspecified atom stereocenters. The number of allylic oxidation sites excluding steroid dienone is 1. The first-order valence-electron chi connectivity index (χ1n) is 12.7. The largest absolute Gasteiger partial charge is 0.497 e. The molecule has 0 aliphatic carbocycles. The molecule has 0 amide bonds. The predicted molar refractivity (Wildman–Crippen MR) is 152 cm³/mol. The zero-order valence-corrected chi connectivity index (χ0v) is 22.5. The summed E-state index contributed by atoms with van der Waals surface area (Å²) in [5.74, 6) is 2.60. The van der Waals surface area contributed by atoms with Crippen molar-refractivity contribution in [2.75, 3.05) is 27.8 Å². The SMILES string of the molecule is C=C1/C=C\N(C)C(C)CN=C(CC)N1C(c1ccccc1)(c1ccc(OC)cc1)c1ccc(OC)cc1. The van der Waals surface area contributed by atoms with E-state index in [9.17, 15) is 0 Å². The fourth-order valence-corrected chi connectivity index (χ4v) is 4.94. The van der Waals surface area contributed by atoms with E-state index in [2.05, 4.69) is 104 Å². The Balaban J connectivity index is 2.12. The van der Waals surface area contributed by atoms with Crippen molar-refractivity contribution >= 4 is 5.84 Å². The van der Waals surface area contributed by atoms with Crippen LogP contribution in [0.15, 0.2) is 108 Å². The van der Waals surface area contributed by atoms with Crippen LogP contribution in [0, 0.1) is 0 Å². The summed E-state index contributed by atoms with van der Waals surface area (Å²) >= 11 is 0. The number of amidine groups is 1. The molecule has 1 heterocycles. The van der Waals surface area contributed by atoms with Crippen LogP contribution < -0.4 is 9.47 Å². The van der Waals surface area contributed by atoms with Gasteiger partial charge < -0.3 is 19.3 Å². The first kappa shape index (κ1) is 26.1. The topological polar surface area (TPSA) is 37.3 Å². The molecule has 37 heavy (non-hydrogen) atoms. The highest BCUT2D eigenvalue weighted by Gasteiger charge is 2.44. The Morgan fingerprint density at radius 1 is 0.865 bits per heavy atom. The summed E-state index contributed by atoms with van der Waals surface area (Å²) in [5, 5.41) is 0. The van der Waals surface area contributed by atoms with Gasteiger partial charge in [0, 0.05) is 31.4 Å². The second-order valence-corrected chi connectivity index (χ2v) is 9.30. The maximum atomic E-state index is 5.52. The molecule has 0 N–H and O–H groups in total. The van der Waals surface area contributed by atoms with E-state index in [0.717, 1.165) is 46.1 Å². The highest BCUT2D eigenvalue weighted by Crippen LogP contribution is 2.46. The highest BCUT2D eigenvalue weighted by atomic mass is 16.5. The lowest BCUT2D eigenvalue weighted by Crippen LogP contribution is -2.50. The molecule has 0 aromatic heterocycles. The van der Waals surface area contributed by atoms with E-state index in [0.29, 0.717) is 6.54 Å². The Labute approximate surface area is 221 Å². The lowest BCUT2D eigenvalue weighted by Gasteiger charge is -2.47. The van der Waals surface area contributed by atoms with Crippen LogP contribution in [-0.4, -0.2) is 49.5 Å². The Morgan fingerprint density at radius 3 is 1.86 bits per heavy atom. The van der Waals surface area contributed by atoms with E-state index < -0.39 is 5.54 Å². The third kappa shape index (κ3) is 4.99. The van der Waals surface area contributed by atoms with Gasteiger partial charge >= 0.3 is 0 Å². The van der Waals surface area contributed by atoms with Crippen molar-refractivity contribution < 1.29 is 9.47 Å². The van der Waals surface area contributed by atoms with Gasteiger partial charge in [0.25, 0.3) is 0 Å². The van der Waals surface area contributed by atoms with Crippen molar-refractivity contribution in [1.29, 1.82) is 0 Å². The maximum Gasteiger partial charge on any atom is 0.122 e. The van der Waals surface area contributed by atoms with Crippen molar-refractivity contribution in [1.82, 2.24) is 9.80 Å². The molecule has 3 aromatic rings. The number of rotatable bonds is 7. The Morgan fingerprint density at radius 2 is 1.38 bits per heavy atom. The van der Waals surface area contributed by atoms with Crippen molar-refractivity contribution in [3.05, 3.63) is 120 Å². The Kier molecular flexibility index (Phi) is 8.02. The van der Waals surface area contributed by atoms with Crippen molar-refractivity contribution in [3.63, 3.8) is 0 Å². The van der Waals surface area contributed by atoms with E-state index >= 15 is 0 Å². The van der Waals surface area contributed by atoms with Gasteiger partial charge in [-0.25, -0.2) is 0 Å². The molecule has 4 rings (SSSR count). The average molecular weight is 496 g/mol. The minimum atomic E-state index is -0.748. The lowest BCUT2D eigenvalue weighted by molar-refractivity contribution is 0.326. The number of benzene rings is 3. The first-order chi connectivity index (χ1) is 17.9. The molecule has 5 nitrogen and oxygen atoms in total. The predicted octanol–water partition coefficient (Wildman–Crippen LogP) is 6.47. The van der Waals surface area contributed by atoms with Crippen LogP contribution in [0.3, 0.4) is 0 Å². The summed E-state index contributed by atoms with van der Waals surface area (Å²) in [5.41, 5.74) is 3.39. The summed E-state index contributed by atoms with van der Waals surface area (Å²) in [4.78, 5) is 9.69. The fourth-order valence-electron chi connectivity index (χ4n) is 4.94. The summed E-state index contributed by atoms with van der Waals surface area (Å²) in [6, 6.07) is 27.5. The van der Waals surface area contributed by atoms with Gasteiger partial charge in [-0.2, -0.15) is 0 Å². The molecular formula is C32H37N3O2. The molecule has 1 aliphatic heterocycles. The molecule has 0 saturated carbocycles. The molecule has 0 radical (unpaired) electrons. The standard InChI is InChI=1S/C32H37N3O2/c1-7-31-33-23-25(3)34(4)22-21-24(2)35(31)32(26-11-9-8-10-12-26,27-13-17-29(36-5)18-14-27)28-15-19-30(37-6)20-16-28/h8-22,25H,2,7,23H2,1,3-6H3/b22-21-,33-31?. The number of likely N-dealkylation sites (N-methyl/N-ethyl adjacent to an activating group) is 1. The van der Waals surface area contributed by atoms with Gasteiger partial charge in [-0.05, 0) is 54.0 Å². The monoisotopic (exact) mass is 495 g/mol. The van der Waals surface area contributed by atoms with E-state index in [1.54, 1.807) is 14.2 Å². The average Bonchev–Trinajstić information content (AvgIpc) is 3.00. The van der Waals surface area contributed by atoms with Crippen molar-refractivity contribution in [3.8, 4) is 11.5 Å². The molecule has 0 bridgehead atoms. The Hall–Kier alpha value is -3.99. The van der Waals surface area contributed by atoms with Gasteiger partial charge in [0.05, 0.1) is 20.8 Å². The van der Waals surface area contributed by atoms with Crippen LogP contribution in [0.1, 0.15) is 37.0 Å². The number of aliphatic imine (C=N–C) groups is 1. The maximum absolute atomic E-state index is 5.52. The van der Waals surface area contributed by atoms with Gasteiger partial charge in [-0.3, -0.25) is 4.99 Å². The third-order valence-corrected chi connectivity index (χ3v) is 7.14.